The van der Waals surface area contributed by atoms with Crippen molar-refractivity contribution in [3.8, 4) is 6.07 Å². The Hall–Kier alpha value is -2.80. The third-order valence-electron chi connectivity index (χ3n) is 3.61. The minimum atomic E-state index is -0.583. The second kappa shape index (κ2) is 5.77. The van der Waals surface area contributed by atoms with E-state index < -0.39 is 11.8 Å². The molecule has 10 heteroatoms. The van der Waals surface area contributed by atoms with Crippen LogP contribution in [0, 0.1) is 11.3 Å². The molecule has 1 fully saturated rings. The van der Waals surface area contributed by atoms with Gasteiger partial charge in [0.1, 0.15) is 12.7 Å². The summed E-state index contributed by atoms with van der Waals surface area (Å²) in [5.74, 6) is -0.380. The lowest BCUT2D eigenvalue weighted by Crippen LogP contribution is -2.30. The van der Waals surface area contributed by atoms with Crippen LogP contribution in [0.5, 0.6) is 0 Å². The second-order valence-corrected chi connectivity index (χ2v) is 5.21. The van der Waals surface area contributed by atoms with Crippen LogP contribution in [0.25, 0.3) is 11.0 Å². The predicted octanol–water partition coefficient (Wildman–Crippen LogP) is -0.363. The lowest BCUT2D eigenvalue weighted by atomic mass is 10.2. The smallest absolute Gasteiger partial charge is 0.302 e. The zero-order chi connectivity index (χ0) is 16.6. The molecule has 3 heterocycles. The van der Waals surface area contributed by atoms with Crippen molar-refractivity contribution in [1.29, 1.82) is 5.26 Å². The fourth-order valence-electron chi connectivity index (χ4n) is 2.55. The summed E-state index contributed by atoms with van der Waals surface area (Å²) in [4.78, 5) is 23.4. The van der Waals surface area contributed by atoms with Crippen LogP contribution in [0.15, 0.2) is 4.79 Å². The molecule has 2 aromatic rings. The Morgan fingerprint density at radius 1 is 1.52 bits per heavy atom. The van der Waals surface area contributed by atoms with Crippen LogP contribution in [0.1, 0.15) is 31.7 Å². The van der Waals surface area contributed by atoms with Gasteiger partial charge in [0.2, 0.25) is 0 Å². The van der Waals surface area contributed by atoms with E-state index in [9.17, 15) is 9.59 Å². The molecular formula is C13H14N6O4. The first kappa shape index (κ1) is 15.1. The topological polar surface area (TPSA) is 125 Å². The van der Waals surface area contributed by atoms with Crippen LogP contribution >= 0.6 is 0 Å². The quantitative estimate of drug-likeness (QED) is 0.702. The van der Waals surface area contributed by atoms with Crippen LogP contribution in [0.4, 0.5) is 0 Å². The molecule has 0 N–H and O–H groups in total. The van der Waals surface area contributed by atoms with Gasteiger partial charge in [0.05, 0.1) is 6.10 Å². The number of carbonyl (C=O) groups is 1. The molecule has 23 heavy (non-hydrogen) atoms. The molecule has 0 spiro atoms. The summed E-state index contributed by atoms with van der Waals surface area (Å²) < 4.78 is 13.0. The van der Waals surface area contributed by atoms with E-state index in [1.807, 2.05) is 6.07 Å². The van der Waals surface area contributed by atoms with E-state index >= 15 is 0 Å². The maximum Gasteiger partial charge on any atom is 0.302 e. The highest BCUT2D eigenvalue weighted by Gasteiger charge is 2.30. The van der Waals surface area contributed by atoms with Crippen molar-refractivity contribution in [3.05, 3.63) is 16.0 Å². The van der Waals surface area contributed by atoms with Crippen LogP contribution in [0.2, 0.25) is 0 Å². The first-order valence-electron chi connectivity index (χ1n) is 7.02. The van der Waals surface area contributed by atoms with Crippen LogP contribution in [-0.4, -0.2) is 43.5 Å². The summed E-state index contributed by atoms with van der Waals surface area (Å²) in [7, 11) is 1.57. The third-order valence-corrected chi connectivity index (χ3v) is 3.61. The Labute approximate surface area is 130 Å². The molecule has 0 aliphatic carbocycles. The molecule has 1 aliphatic heterocycles. The minimum Gasteiger partial charge on any atom is -0.463 e. The Morgan fingerprint density at radius 2 is 2.30 bits per heavy atom. The van der Waals surface area contributed by atoms with E-state index in [1.54, 1.807) is 7.05 Å². The molecule has 1 saturated heterocycles. The van der Waals surface area contributed by atoms with E-state index in [1.165, 1.54) is 11.6 Å². The van der Waals surface area contributed by atoms with Gasteiger partial charge in [-0.05, 0) is 12.8 Å². The van der Waals surface area contributed by atoms with Gasteiger partial charge in [-0.25, -0.2) is 0 Å². The van der Waals surface area contributed by atoms with Gasteiger partial charge in [0.15, 0.2) is 23.0 Å². The largest absolute Gasteiger partial charge is 0.463 e. The van der Waals surface area contributed by atoms with Gasteiger partial charge < -0.3 is 9.47 Å². The number of aromatic nitrogens is 5. The molecule has 0 amide bonds. The summed E-state index contributed by atoms with van der Waals surface area (Å²) in [6, 6.07) is 1.88. The highest BCUT2D eigenvalue weighted by atomic mass is 16.6. The Morgan fingerprint density at radius 3 is 3.00 bits per heavy atom. The maximum absolute atomic E-state index is 12.6. The standard InChI is InChI=1S/C13H14N6O4/c1-7(20)22-6-8-3-4-10(23-8)19-13(21)12-11(15-17-19)9(5-14)16-18(12)2/h8,10H,3-4,6H2,1-2H3. The average molecular weight is 318 g/mol. The number of esters is 1. The molecule has 3 rings (SSSR count). The van der Waals surface area contributed by atoms with Gasteiger partial charge in [0, 0.05) is 14.0 Å². The lowest BCUT2D eigenvalue weighted by molar-refractivity contribution is -0.145. The molecule has 10 nitrogen and oxygen atoms in total. The Bertz CT molecular complexity index is 864. The monoisotopic (exact) mass is 318 g/mol. The van der Waals surface area contributed by atoms with Gasteiger partial charge in [-0.3, -0.25) is 14.3 Å². The average Bonchev–Trinajstić information content (AvgIpc) is 3.10. The van der Waals surface area contributed by atoms with Crippen molar-refractivity contribution >= 4 is 17.0 Å². The molecule has 0 bridgehead atoms. The van der Waals surface area contributed by atoms with E-state index in [4.69, 9.17) is 14.7 Å². The van der Waals surface area contributed by atoms with Crippen LogP contribution in [0.3, 0.4) is 0 Å². The van der Waals surface area contributed by atoms with Crippen molar-refractivity contribution in [2.75, 3.05) is 6.61 Å². The molecule has 0 radical (unpaired) electrons. The molecule has 120 valence electrons. The number of rotatable bonds is 3. The Balaban J connectivity index is 1.89. The van der Waals surface area contributed by atoms with Crippen molar-refractivity contribution < 1.29 is 14.3 Å². The number of carbonyl (C=O) groups excluding carboxylic acids is 1. The summed E-state index contributed by atoms with van der Waals surface area (Å²) in [5, 5.41) is 20.7. The van der Waals surface area contributed by atoms with Crippen molar-refractivity contribution in [1.82, 2.24) is 24.8 Å². The van der Waals surface area contributed by atoms with E-state index in [0.29, 0.717) is 12.8 Å². The first-order valence-corrected chi connectivity index (χ1v) is 7.02. The SMILES string of the molecule is CC(=O)OCC1CCC(n2nnc3c(C#N)nn(C)c3c2=O)O1. The Kier molecular flexibility index (Phi) is 3.79. The van der Waals surface area contributed by atoms with Crippen molar-refractivity contribution in [3.63, 3.8) is 0 Å². The molecular weight excluding hydrogens is 304 g/mol. The van der Waals surface area contributed by atoms with Gasteiger partial charge in [-0.2, -0.15) is 15.0 Å². The molecule has 2 aromatic heterocycles. The van der Waals surface area contributed by atoms with Crippen LogP contribution < -0.4 is 5.56 Å². The molecule has 0 aromatic carbocycles. The highest BCUT2D eigenvalue weighted by Crippen LogP contribution is 2.27. The number of nitrogens with zero attached hydrogens (tertiary/aromatic N) is 6. The lowest BCUT2D eigenvalue weighted by Gasteiger charge is -2.14. The number of hydrogen-bond acceptors (Lipinski definition) is 8. The van der Waals surface area contributed by atoms with Gasteiger partial charge in [-0.1, -0.05) is 5.21 Å². The number of ether oxygens (including phenoxy) is 2. The number of aryl methyl sites for hydroxylation is 1. The zero-order valence-corrected chi connectivity index (χ0v) is 12.6. The highest BCUT2D eigenvalue weighted by molar-refractivity contribution is 5.78. The normalized spacial score (nSPS) is 20.6. The van der Waals surface area contributed by atoms with Gasteiger partial charge in [-0.15, -0.1) is 5.10 Å². The van der Waals surface area contributed by atoms with Crippen molar-refractivity contribution in [2.45, 2.75) is 32.1 Å². The molecule has 2 unspecified atom stereocenters. The van der Waals surface area contributed by atoms with Gasteiger partial charge in [0.25, 0.3) is 5.56 Å². The van der Waals surface area contributed by atoms with Crippen LogP contribution in [-0.2, 0) is 21.3 Å². The molecule has 1 aliphatic rings. The number of nitriles is 1. The minimum absolute atomic E-state index is 0.0549. The molecule has 2 atom stereocenters. The third kappa shape index (κ3) is 2.66. The van der Waals surface area contributed by atoms with Crippen molar-refractivity contribution in [2.24, 2.45) is 7.05 Å². The fraction of sp³-hybridized carbons (Fsp3) is 0.538. The summed E-state index contributed by atoms with van der Waals surface area (Å²) in [6.45, 7) is 1.46. The summed E-state index contributed by atoms with van der Waals surface area (Å²) >= 11 is 0. The fourth-order valence-corrected chi connectivity index (χ4v) is 2.55. The number of fused-ring (bicyclic) bond motifs is 1. The summed E-state index contributed by atoms with van der Waals surface area (Å²) in [6.07, 6.45) is 0.323. The first-order chi connectivity index (χ1) is 11.0. The predicted molar refractivity (Wildman–Crippen MR) is 75.1 cm³/mol. The summed E-state index contributed by atoms with van der Waals surface area (Å²) in [5.41, 5.74) is -0.00161. The van der Waals surface area contributed by atoms with Gasteiger partial charge >= 0.3 is 5.97 Å². The zero-order valence-electron chi connectivity index (χ0n) is 12.6. The number of hydrogen-bond donors (Lipinski definition) is 0. The van der Waals surface area contributed by atoms with E-state index in [0.717, 1.165) is 4.68 Å². The van der Waals surface area contributed by atoms with E-state index in [2.05, 4.69) is 15.4 Å². The second-order valence-electron chi connectivity index (χ2n) is 5.21. The molecule has 0 saturated carbocycles. The van der Waals surface area contributed by atoms with E-state index in [-0.39, 0.29) is 35.4 Å². The maximum atomic E-state index is 12.6.